The van der Waals surface area contributed by atoms with Gasteiger partial charge >= 0.3 is 0 Å². The van der Waals surface area contributed by atoms with Gasteiger partial charge in [-0.25, -0.2) is 0 Å². The Hall–Kier alpha value is -0.220. The van der Waals surface area contributed by atoms with Crippen molar-refractivity contribution in [1.29, 1.82) is 0 Å². The number of thioether (sulfide) groups is 1. The van der Waals surface area contributed by atoms with Gasteiger partial charge in [-0.15, -0.1) is 0 Å². The molecule has 0 aromatic rings. The maximum Gasteiger partial charge on any atom is 0.238 e. The smallest absolute Gasteiger partial charge is 0.238 e. The van der Waals surface area contributed by atoms with E-state index >= 15 is 0 Å². The molecule has 0 spiro atoms. The molecule has 1 heterocycles. The third-order valence-electron chi connectivity index (χ3n) is 6.35. The number of rotatable bonds is 2. The quantitative estimate of drug-likeness (QED) is 0.814. The number of nitrogens with one attached hydrogen (secondary N) is 2. The number of carbonyl (C=O) groups excluding carboxylic acids is 1. The first kappa shape index (κ1) is 13.7. The summed E-state index contributed by atoms with van der Waals surface area (Å²) in [6.07, 6.45) is 3.78. The van der Waals surface area contributed by atoms with Crippen molar-refractivity contribution in [3.05, 3.63) is 0 Å². The molecule has 1 amide bonds. The summed E-state index contributed by atoms with van der Waals surface area (Å²) >= 11 is 1.88. The maximum absolute atomic E-state index is 12.4. The standard InChI is InChI=1S/C15H26N2OS/c1-14(2)10-4-5-15(14,3)12(8-10)17-13(18)11-9-19-7-6-16-11/h10-12,16H,4-9H2,1-3H3,(H,17,18). The molecule has 108 valence electrons. The molecular formula is C15H26N2OS. The fourth-order valence-corrected chi connectivity index (χ4v) is 5.36. The maximum atomic E-state index is 12.4. The van der Waals surface area contributed by atoms with Crippen LogP contribution >= 0.6 is 11.8 Å². The van der Waals surface area contributed by atoms with Crippen LogP contribution in [0.3, 0.4) is 0 Å². The molecule has 0 aromatic carbocycles. The normalized spacial score (nSPS) is 44.3. The second kappa shape index (κ2) is 4.66. The Labute approximate surface area is 120 Å². The fourth-order valence-electron chi connectivity index (χ4n) is 4.43. The van der Waals surface area contributed by atoms with Crippen LogP contribution in [0.5, 0.6) is 0 Å². The fraction of sp³-hybridized carbons (Fsp3) is 0.933. The van der Waals surface area contributed by atoms with Gasteiger partial charge < -0.3 is 10.6 Å². The van der Waals surface area contributed by atoms with E-state index in [1.165, 1.54) is 19.3 Å². The summed E-state index contributed by atoms with van der Waals surface area (Å²) in [5.41, 5.74) is 0.662. The topological polar surface area (TPSA) is 41.1 Å². The highest BCUT2D eigenvalue weighted by Crippen LogP contribution is 2.65. The van der Waals surface area contributed by atoms with Crippen LogP contribution in [-0.4, -0.2) is 36.0 Å². The monoisotopic (exact) mass is 282 g/mol. The van der Waals surface area contributed by atoms with Gasteiger partial charge in [-0.3, -0.25) is 4.79 Å². The highest BCUT2D eigenvalue weighted by atomic mass is 32.2. The molecule has 4 heteroatoms. The summed E-state index contributed by atoms with van der Waals surface area (Å²) in [4.78, 5) is 12.4. The van der Waals surface area contributed by atoms with Crippen molar-refractivity contribution in [3.8, 4) is 0 Å². The van der Waals surface area contributed by atoms with E-state index in [1.807, 2.05) is 11.8 Å². The van der Waals surface area contributed by atoms with E-state index < -0.39 is 0 Å². The lowest BCUT2D eigenvalue weighted by Crippen LogP contribution is -2.55. The van der Waals surface area contributed by atoms with Crippen LogP contribution in [0, 0.1) is 16.7 Å². The van der Waals surface area contributed by atoms with Crippen molar-refractivity contribution in [3.63, 3.8) is 0 Å². The van der Waals surface area contributed by atoms with Gasteiger partial charge in [0.05, 0.1) is 6.04 Å². The van der Waals surface area contributed by atoms with Crippen LogP contribution in [0.4, 0.5) is 0 Å². The van der Waals surface area contributed by atoms with Gasteiger partial charge in [-0.2, -0.15) is 11.8 Å². The Kier molecular flexibility index (Phi) is 3.37. The summed E-state index contributed by atoms with van der Waals surface area (Å²) in [5.74, 6) is 3.06. The first-order valence-corrected chi connectivity index (χ1v) is 8.72. The summed E-state index contributed by atoms with van der Waals surface area (Å²) in [7, 11) is 0. The first-order chi connectivity index (χ1) is 8.95. The first-order valence-electron chi connectivity index (χ1n) is 7.56. The van der Waals surface area contributed by atoms with Gasteiger partial charge in [0.1, 0.15) is 0 Å². The Bertz CT molecular complexity index is 378. The van der Waals surface area contributed by atoms with Crippen molar-refractivity contribution >= 4 is 17.7 Å². The van der Waals surface area contributed by atoms with Gasteiger partial charge in [-0.1, -0.05) is 20.8 Å². The van der Waals surface area contributed by atoms with E-state index in [-0.39, 0.29) is 17.4 Å². The lowest BCUT2D eigenvalue weighted by molar-refractivity contribution is -0.124. The minimum atomic E-state index is 0.0181. The van der Waals surface area contributed by atoms with Gasteiger partial charge in [0.25, 0.3) is 0 Å². The van der Waals surface area contributed by atoms with Gasteiger partial charge in [0, 0.05) is 24.1 Å². The van der Waals surface area contributed by atoms with Crippen molar-refractivity contribution in [2.24, 2.45) is 16.7 Å². The number of fused-ring (bicyclic) bond motifs is 2. The SMILES string of the molecule is CC1(C)C2CCC1(C)C(NC(=O)C1CSCCN1)C2. The molecule has 3 rings (SSSR count). The van der Waals surface area contributed by atoms with Crippen LogP contribution in [0.1, 0.15) is 40.0 Å². The van der Waals surface area contributed by atoms with Crippen LogP contribution < -0.4 is 10.6 Å². The van der Waals surface area contributed by atoms with Crippen LogP contribution in [0.25, 0.3) is 0 Å². The number of carbonyl (C=O) groups is 1. The van der Waals surface area contributed by atoms with Crippen LogP contribution in [0.2, 0.25) is 0 Å². The molecule has 4 atom stereocenters. The molecule has 3 nitrogen and oxygen atoms in total. The molecule has 2 aliphatic carbocycles. The zero-order chi connectivity index (χ0) is 13.7. The Morgan fingerprint density at radius 3 is 2.68 bits per heavy atom. The Balaban J connectivity index is 1.66. The highest BCUT2D eigenvalue weighted by Gasteiger charge is 2.61. The molecule has 2 N–H and O–H groups in total. The molecule has 1 aliphatic heterocycles. The largest absolute Gasteiger partial charge is 0.351 e. The summed E-state index contributed by atoms with van der Waals surface area (Å²) in [6, 6.07) is 0.395. The molecule has 3 fully saturated rings. The summed E-state index contributed by atoms with van der Waals surface area (Å²) in [6.45, 7) is 8.13. The highest BCUT2D eigenvalue weighted by molar-refractivity contribution is 7.99. The van der Waals surface area contributed by atoms with E-state index in [2.05, 4.69) is 31.4 Å². The second-order valence-electron chi connectivity index (χ2n) is 7.25. The second-order valence-corrected chi connectivity index (χ2v) is 8.40. The van der Waals surface area contributed by atoms with Crippen LogP contribution in [0.15, 0.2) is 0 Å². The van der Waals surface area contributed by atoms with Crippen molar-refractivity contribution in [2.75, 3.05) is 18.1 Å². The van der Waals surface area contributed by atoms with E-state index in [9.17, 15) is 4.79 Å². The zero-order valence-corrected chi connectivity index (χ0v) is 13.1. The van der Waals surface area contributed by atoms with E-state index in [0.717, 1.165) is 24.0 Å². The average Bonchev–Trinajstić information content (AvgIpc) is 2.73. The predicted molar refractivity (Wildman–Crippen MR) is 80.3 cm³/mol. The molecule has 19 heavy (non-hydrogen) atoms. The van der Waals surface area contributed by atoms with Gasteiger partial charge in [0.2, 0.25) is 5.91 Å². The molecule has 4 unspecified atom stereocenters. The number of hydrogen-bond donors (Lipinski definition) is 2. The zero-order valence-electron chi connectivity index (χ0n) is 12.3. The Morgan fingerprint density at radius 1 is 1.37 bits per heavy atom. The Morgan fingerprint density at radius 2 is 2.16 bits per heavy atom. The average molecular weight is 282 g/mol. The van der Waals surface area contributed by atoms with Crippen LogP contribution in [-0.2, 0) is 4.79 Å². The van der Waals surface area contributed by atoms with E-state index in [1.54, 1.807) is 0 Å². The molecule has 2 bridgehead atoms. The van der Waals surface area contributed by atoms with Crippen molar-refractivity contribution in [2.45, 2.75) is 52.1 Å². The lowest BCUT2D eigenvalue weighted by Gasteiger charge is -2.40. The minimum Gasteiger partial charge on any atom is -0.351 e. The molecule has 2 saturated carbocycles. The lowest BCUT2D eigenvalue weighted by atomic mass is 9.69. The van der Waals surface area contributed by atoms with E-state index in [4.69, 9.17) is 0 Å². The molecule has 1 saturated heterocycles. The summed E-state index contributed by atoms with van der Waals surface area (Å²) in [5, 5.41) is 6.70. The van der Waals surface area contributed by atoms with Crippen molar-refractivity contribution < 1.29 is 4.79 Å². The van der Waals surface area contributed by atoms with Gasteiger partial charge in [0.15, 0.2) is 0 Å². The van der Waals surface area contributed by atoms with Crippen molar-refractivity contribution in [1.82, 2.24) is 10.6 Å². The predicted octanol–water partition coefficient (Wildman–Crippen LogP) is 2.02. The molecular weight excluding hydrogens is 256 g/mol. The molecule has 0 radical (unpaired) electrons. The third kappa shape index (κ3) is 2.02. The minimum absolute atomic E-state index is 0.0181. The third-order valence-corrected chi connectivity index (χ3v) is 7.41. The number of hydrogen-bond acceptors (Lipinski definition) is 3. The molecule has 3 aliphatic rings. The number of amides is 1. The van der Waals surface area contributed by atoms with Gasteiger partial charge in [-0.05, 0) is 36.0 Å². The van der Waals surface area contributed by atoms with E-state index in [0.29, 0.717) is 11.5 Å². The molecule has 0 aromatic heterocycles. The summed E-state index contributed by atoms with van der Waals surface area (Å²) < 4.78 is 0.